The minimum absolute atomic E-state index is 1.31. The lowest BCUT2D eigenvalue weighted by Gasteiger charge is -2.03. The standard InChI is InChI=1S/C18H19N/c1-5-7-14-10-12(2)11-16-17(14)15-9-6-8-13(3)18(15)19(16)4/h5-11H,1-4H3/b7-5-. The second-order valence-corrected chi connectivity index (χ2v) is 5.28. The fourth-order valence-electron chi connectivity index (χ4n) is 3.09. The van der Waals surface area contributed by atoms with Gasteiger partial charge in [0.15, 0.2) is 0 Å². The predicted molar refractivity (Wildman–Crippen MR) is 84.6 cm³/mol. The largest absolute Gasteiger partial charge is 0.343 e. The highest BCUT2D eigenvalue weighted by Crippen LogP contribution is 2.33. The first-order valence-electron chi connectivity index (χ1n) is 6.74. The molecule has 19 heavy (non-hydrogen) atoms. The molecule has 0 saturated heterocycles. The lowest BCUT2D eigenvalue weighted by molar-refractivity contribution is 1.01. The van der Waals surface area contributed by atoms with Crippen molar-refractivity contribution in [2.75, 3.05) is 0 Å². The lowest BCUT2D eigenvalue weighted by Crippen LogP contribution is -1.89. The number of nitrogens with zero attached hydrogens (tertiary/aromatic N) is 1. The van der Waals surface area contributed by atoms with Crippen molar-refractivity contribution >= 4 is 27.9 Å². The molecular weight excluding hydrogens is 230 g/mol. The van der Waals surface area contributed by atoms with Crippen molar-refractivity contribution in [3.63, 3.8) is 0 Å². The molecule has 1 nitrogen and oxygen atoms in total. The Morgan fingerprint density at radius 3 is 2.63 bits per heavy atom. The predicted octanol–water partition coefficient (Wildman–Crippen LogP) is 4.98. The van der Waals surface area contributed by atoms with Crippen LogP contribution in [0.4, 0.5) is 0 Å². The van der Waals surface area contributed by atoms with Gasteiger partial charge < -0.3 is 4.57 Å². The van der Waals surface area contributed by atoms with Crippen molar-refractivity contribution in [1.29, 1.82) is 0 Å². The second-order valence-electron chi connectivity index (χ2n) is 5.28. The van der Waals surface area contributed by atoms with E-state index in [2.05, 4.69) is 74.9 Å². The molecule has 0 aliphatic carbocycles. The van der Waals surface area contributed by atoms with Gasteiger partial charge in [-0.15, -0.1) is 0 Å². The summed E-state index contributed by atoms with van der Waals surface area (Å²) in [6.07, 6.45) is 4.32. The summed E-state index contributed by atoms with van der Waals surface area (Å²) in [5.74, 6) is 0. The van der Waals surface area contributed by atoms with Crippen molar-refractivity contribution in [1.82, 2.24) is 4.57 Å². The monoisotopic (exact) mass is 249 g/mol. The lowest BCUT2D eigenvalue weighted by atomic mass is 10.0. The van der Waals surface area contributed by atoms with Crippen LogP contribution in [0.25, 0.3) is 27.9 Å². The van der Waals surface area contributed by atoms with Crippen LogP contribution in [-0.4, -0.2) is 4.57 Å². The molecular formula is C18H19N. The summed E-state index contributed by atoms with van der Waals surface area (Å²) in [5, 5.41) is 2.72. The van der Waals surface area contributed by atoms with Crippen molar-refractivity contribution in [2.45, 2.75) is 20.8 Å². The van der Waals surface area contributed by atoms with Crippen LogP contribution in [0.15, 0.2) is 36.4 Å². The van der Waals surface area contributed by atoms with E-state index in [0.717, 1.165) is 0 Å². The van der Waals surface area contributed by atoms with Gasteiger partial charge >= 0.3 is 0 Å². The number of fused-ring (bicyclic) bond motifs is 3. The van der Waals surface area contributed by atoms with Crippen LogP contribution in [0.3, 0.4) is 0 Å². The van der Waals surface area contributed by atoms with Crippen LogP contribution < -0.4 is 0 Å². The van der Waals surface area contributed by atoms with E-state index >= 15 is 0 Å². The molecule has 0 aliphatic heterocycles. The van der Waals surface area contributed by atoms with Gasteiger partial charge in [-0.25, -0.2) is 0 Å². The van der Waals surface area contributed by atoms with Gasteiger partial charge in [-0.3, -0.25) is 0 Å². The number of hydrogen-bond donors (Lipinski definition) is 0. The summed E-state index contributed by atoms with van der Waals surface area (Å²) in [6, 6.07) is 11.1. The molecule has 0 amide bonds. The van der Waals surface area contributed by atoms with Crippen LogP contribution in [-0.2, 0) is 7.05 Å². The second kappa shape index (κ2) is 4.27. The van der Waals surface area contributed by atoms with Gasteiger partial charge in [0, 0.05) is 23.3 Å². The third kappa shape index (κ3) is 1.69. The maximum atomic E-state index is 2.32. The number of hydrogen-bond acceptors (Lipinski definition) is 0. The van der Waals surface area contributed by atoms with Crippen LogP contribution in [0.1, 0.15) is 23.6 Å². The van der Waals surface area contributed by atoms with Crippen molar-refractivity contribution in [2.24, 2.45) is 7.05 Å². The zero-order valence-corrected chi connectivity index (χ0v) is 12.0. The van der Waals surface area contributed by atoms with Gasteiger partial charge in [0.2, 0.25) is 0 Å². The highest BCUT2D eigenvalue weighted by Gasteiger charge is 2.12. The van der Waals surface area contributed by atoms with Gasteiger partial charge in [0.1, 0.15) is 0 Å². The molecule has 1 heterocycles. The first-order chi connectivity index (χ1) is 9.13. The molecule has 0 bridgehead atoms. The SMILES string of the molecule is C/C=C\c1cc(C)cc2c1c1cccc(C)c1n2C. The van der Waals surface area contributed by atoms with E-state index in [-0.39, 0.29) is 0 Å². The van der Waals surface area contributed by atoms with E-state index < -0.39 is 0 Å². The summed E-state index contributed by atoms with van der Waals surface area (Å²) < 4.78 is 2.32. The maximum Gasteiger partial charge on any atom is 0.0518 e. The molecule has 3 aromatic rings. The normalized spacial score (nSPS) is 12.0. The zero-order chi connectivity index (χ0) is 13.6. The smallest absolute Gasteiger partial charge is 0.0518 e. The van der Waals surface area contributed by atoms with E-state index in [4.69, 9.17) is 0 Å². The van der Waals surface area contributed by atoms with E-state index in [9.17, 15) is 0 Å². The summed E-state index contributed by atoms with van der Waals surface area (Å²) >= 11 is 0. The van der Waals surface area contributed by atoms with Crippen LogP contribution in [0.2, 0.25) is 0 Å². The van der Waals surface area contributed by atoms with E-state index in [1.54, 1.807) is 0 Å². The van der Waals surface area contributed by atoms with Gasteiger partial charge in [-0.1, -0.05) is 36.4 Å². The Morgan fingerprint density at radius 1 is 1.11 bits per heavy atom. The molecule has 0 spiro atoms. The summed E-state index contributed by atoms with van der Waals surface area (Å²) in [5.41, 5.74) is 6.62. The molecule has 96 valence electrons. The highest BCUT2D eigenvalue weighted by molar-refractivity contribution is 6.12. The van der Waals surface area contributed by atoms with Crippen molar-refractivity contribution in [3.8, 4) is 0 Å². The summed E-state index contributed by atoms with van der Waals surface area (Å²) in [7, 11) is 2.16. The molecule has 0 N–H and O–H groups in total. The molecule has 1 aromatic heterocycles. The topological polar surface area (TPSA) is 4.93 Å². The Labute approximate surface area is 114 Å². The van der Waals surface area contributed by atoms with Gasteiger partial charge in [0.25, 0.3) is 0 Å². The first kappa shape index (κ1) is 12.0. The van der Waals surface area contributed by atoms with Crippen LogP contribution >= 0.6 is 0 Å². The van der Waals surface area contributed by atoms with E-state index in [0.29, 0.717) is 0 Å². The first-order valence-corrected chi connectivity index (χ1v) is 6.74. The molecule has 3 rings (SSSR count). The van der Waals surface area contributed by atoms with Crippen LogP contribution in [0, 0.1) is 13.8 Å². The quantitative estimate of drug-likeness (QED) is 0.573. The Hall–Kier alpha value is -2.02. The number of para-hydroxylation sites is 1. The molecule has 2 aromatic carbocycles. The Morgan fingerprint density at radius 2 is 1.89 bits per heavy atom. The Kier molecular flexibility index (Phi) is 2.70. The van der Waals surface area contributed by atoms with Gasteiger partial charge in [0.05, 0.1) is 5.52 Å². The third-order valence-electron chi connectivity index (χ3n) is 3.84. The summed E-state index contributed by atoms with van der Waals surface area (Å²) in [6.45, 7) is 6.42. The van der Waals surface area contributed by atoms with Crippen molar-refractivity contribution < 1.29 is 0 Å². The molecule has 0 atom stereocenters. The van der Waals surface area contributed by atoms with Gasteiger partial charge in [-0.05, 0) is 43.5 Å². The molecule has 0 saturated carbocycles. The van der Waals surface area contributed by atoms with E-state index in [1.807, 2.05) is 0 Å². The number of benzene rings is 2. The number of allylic oxidation sites excluding steroid dienone is 1. The number of rotatable bonds is 1. The molecule has 0 unspecified atom stereocenters. The number of aromatic nitrogens is 1. The van der Waals surface area contributed by atoms with Gasteiger partial charge in [-0.2, -0.15) is 0 Å². The highest BCUT2D eigenvalue weighted by atomic mass is 14.9. The molecule has 0 fully saturated rings. The third-order valence-corrected chi connectivity index (χ3v) is 3.84. The van der Waals surface area contributed by atoms with Crippen LogP contribution in [0.5, 0.6) is 0 Å². The molecule has 0 aliphatic rings. The fraction of sp³-hybridized carbons (Fsp3) is 0.222. The maximum absolute atomic E-state index is 2.32. The average molecular weight is 249 g/mol. The number of aryl methyl sites for hydroxylation is 3. The molecule has 0 radical (unpaired) electrons. The minimum Gasteiger partial charge on any atom is -0.343 e. The van der Waals surface area contributed by atoms with E-state index in [1.165, 1.54) is 38.5 Å². The minimum atomic E-state index is 1.31. The Bertz CT molecular complexity index is 804. The summed E-state index contributed by atoms with van der Waals surface area (Å²) in [4.78, 5) is 0. The average Bonchev–Trinajstić information content (AvgIpc) is 2.65. The fourth-order valence-corrected chi connectivity index (χ4v) is 3.09. The Balaban J connectivity index is 2.62. The molecule has 1 heteroatoms. The van der Waals surface area contributed by atoms with Crippen molar-refractivity contribution in [3.05, 3.63) is 53.1 Å². The zero-order valence-electron chi connectivity index (χ0n) is 12.0.